The SMILES string of the molecule is CC(=O)NCCN(C(C)C(=O)O)S(=O)(=O)c1cc(F)ccc1OC(F)F. The second-order valence-electron chi connectivity index (χ2n) is 5.08. The first-order valence-electron chi connectivity index (χ1n) is 7.20. The standard InChI is InChI=1S/C14H17F3N2O6S/c1-8(13(21)22)19(6-5-18-9(2)20)26(23,24)12-7-10(15)3-4-11(12)25-14(16)17/h3-4,7-8,14H,5-6H2,1-2H3,(H,18,20)(H,21,22). The van der Waals surface area contributed by atoms with Crippen molar-refractivity contribution in [2.75, 3.05) is 13.1 Å². The number of amides is 1. The van der Waals surface area contributed by atoms with Crippen molar-refractivity contribution in [2.24, 2.45) is 0 Å². The molecule has 0 aliphatic carbocycles. The zero-order valence-electron chi connectivity index (χ0n) is 13.8. The van der Waals surface area contributed by atoms with E-state index >= 15 is 0 Å². The molecule has 8 nitrogen and oxygen atoms in total. The lowest BCUT2D eigenvalue weighted by Gasteiger charge is -2.26. The number of ether oxygens (including phenoxy) is 1. The summed E-state index contributed by atoms with van der Waals surface area (Å²) in [4.78, 5) is 21.2. The molecule has 1 aromatic rings. The minimum Gasteiger partial charge on any atom is -0.480 e. The van der Waals surface area contributed by atoms with Crippen LogP contribution in [0.5, 0.6) is 5.75 Å². The molecular formula is C14H17F3N2O6S. The summed E-state index contributed by atoms with van der Waals surface area (Å²) < 4.78 is 68.6. The van der Waals surface area contributed by atoms with Gasteiger partial charge in [0.1, 0.15) is 22.5 Å². The van der Waals surface area contributed by atoms with Crippen LogP contribution < -0.4 is 10.1 Å². The van der Waals surface area contributed by atoms with Crippen LogP contribution in [0, 0.1) is 5.82 Å². The summed E-state index contributed by atoms with van der Waals surface area (Å²) in [5.74, 6) is -3.89. The number of nitrogens with zero attached hydrogens (tertiary/aromatic N) is 1. The quantitative estimate of drug-likeness (QED) is 0.642. The first-order chi connectivity index (χ1) is 12.0. The van der Waals surface area contributed by atoms with Crippen LogP contribution in [0.3, 0.4) is 0 Å². The maximum Gasteiger partial charge on any atom is 0.387 e. The van der Waals surface area contributed by atoms with Gasteiger partial charge in [-0.3, -0.25) is 9.59 Å². The first-order valence-corrected chi connectivity index (χ1v) is 8.64. The lowest BCUT2D eigenvalue weighted by molar-refractivity contribution is -0.140. The summed E-state index contributed by atoms with van der Waals surface area (Å²) in [6.45, 7) is -1.90. The van der Waals surface area contributed by atoms with E-state index < -0.39 is 57.6 Å². The number of nitrogens with one attached hydrogen (secondary N) is 1. The topological polar surface area (TPSA) is 113 Å². The molecule has 0 aromatic heterocycles. The van der Waals surface area contributed by atoms with Gasteiger partial charge in [0, 0.05) is 20.0 Å². The van der Waals surface area contributed by atoms with Crippen LogP contribution in [0.4, 0.5) is 13.2 Å². The predicted molar refractivity (Wildman–Crippen MR) is 82.7 cm³/mol. The Bertz CT molecular complexity index is 772. The van der Waals surface area contributed by atoms with Crippen molar-refractivity contribution in [3.8, 4) is 5.75 Å². The third-order valence-electron chi connectivity index (χ3n) is 3.20. The molecule has 0 radical (unpaired) electrons. The minimum atomic E-state index is -4.74. The van der Waals surface area contributed by atoms with Gasteiger partial charge in [-0.2, -0.15) is 13.1 Å². The first kappa shape index (κ1) is 21.7. The number of carbonyl (C=O) groups is 2. The van der Waals surface area contributed by atoms with E-state index in [4.69, 9.17) is 5.11 Å². The Morgan fingerprint density at radius 3 is 2.46 bits per heavy atom. The van der Waals surface area contributed by atoms with Crippen LogP contribution in [0.25, 0.3) is 0 Å². The number of halogens is 3. The van der Waals surface area contributed by atoms with Crippen molar-refractivity contribution < 1.29 is 41.0 Å². The summed E-state index contributed by atoms with van der Waals surface area (Å²) >= 11 is 0. The van der Waals surface area contributed by atoms with Crippen LogP contribution >= 0.6 is 0 Å². The normalized spacial score (nSPS) is 12.9. The number of hydrogen-bond donors (Lipinski definition) is 2. The molecule has 0 spiro atoms. The second kappa shape index (κ2) is 8.85. The third kappa shape index (κ3) is 5.59. The summed E-state index contributed by atoms with van der Waals surface area (Å²) in [6.07, 6.45) is 0. The van der Waals surface area contributed by atoms with E-state index in [1.54, 1.807) is 0 Å². The fourth-order valence-electron chi connectivity index (χ4n) is 1.99. The van der Waals surface area contributed by atoms with Gasteiger partial charge in [-0.1, -0.05) is 0 Å². The summed E-state index contributed by atoms with van der Waals surface area (Å²) in [7, 11) is -4.74. The second-order valence-corrected chi connectivity index (χ2v) is 6.94. The van der Waals surface area contributed by atoms with Gasteiger partial charge in [0.05, 0.1) is 0 Å². The van der Waals surface area contributed by atoms with Crippen molar-refractivity contribution in [3.63, 3.8) is 0 Å². The highest BCUT2D eigenvalue weighted by Gasteiger charge is 2.35. The molecular weight excluding hydrogens is 381 g/mol. The zero-order chi connectivity index (χ0) is 20.1. The Kier molecular flexibility index (Phi) is 7.39. The van der Waals surface area contributed by atoms with Crippen LogP contribution in [0.2, 0.25) is 0 Å². The number of benzene rings is 1. The number of sulfonamides is 1. The molecule has 0 aliphatic heterocycles. The van der Waals surface area contributed by atoms with E-state index in [-0.39, 0.29) is 6.54 Å². The van der Waals surface area contributed by atoms with Gasteiger partial charge in [-0.05, 0) is 25.1 Å². The molecule has 1 aromatic carbocycles. The summed E-state index contributed by atoms with van der Waals surface area (Å²) in [5.41, 5.74) is 0. The number of carbonyl (C=O) groups excluding carboxylic acids is 1. The highest BCUT2D eigenvalue weighted by Crippen LogP contribution is 2.30. The summed E-state index contributed by atoms with van der Waals surface area (Å²) in [5, 5.41) is 11.4. The average Bonchev–Trinajstić information content (AvgIpc) is 2.51. The molecule has 2 N–H and O–H groups in total. The van der Waals surface area contributed by atoms with Crippen LogP contribution in [-0.4, -0.2) is 55.4 Å². The van der Waals surface area contributed by atoms with Gasteiger partial charge in [-0.25, -0.2) is 12.8 Å². The van der Waals surface area contributed by atoms with Crippen molar-refractivity contribution >= 4 is 21.9 Å². The molecule has 1 rings (SSSR count). The Labute approximate surface area is 147 Å². The Morgan fingerprint density at radius 2 is 1.96 bits per heavy atom. The molecule has 0 aliphatic rings. The molecule has 1 unspecified atom stereocenters. The van der Waals surface area contributed by atoms with Crippen molar-refractivity contribution in [1.29, 1.82) is 0 Å². The highest BCUT2D eigenvalue weighted by atomic mass is 32.2. The molecule has 1 amide bonds. The molecule has 0 saturated carbocycles. The fourth-order valence-corrected chi connectivity index (χ4v) is 3.71. The lowest BCUT2D eigenvalue weighted by atomic mass is 10.3. The minimum absolute atomic E-state index is 0.244. The molecule has 0 heterocycles. The molecule has 1 atom stereocenters. The number of carboxylic acid groups (broad SMARTS) is 1. The third-order valence-corrected chi connectivity index (χ3v) is 5.20. The number of alkyl halides is 2. The smallest absolute Gasteiger partial charge is 0.387 e. The van der Waals surface area contributed by atoms with Crippen LogP contribution in [0.15, 0.2) is 23.1 Å². The number of aliphatic carboxylic acids is 1. The van der Waals surface area contributed by atoms with Gasteiger partial charge in [0.25, 0.3) is 0 Å². The summed E-state index contributed by atoms with van der Waals surface area (Å²) in [6, 6.07) is 0.258. The van der Waals surface area contributed by atoms with Gasteiger partial charge in [0.15, 0.2) is 0 Å². The van der Waals surface area contributed by atoms with Crippen molar-refractivity contribution in [2.45, 2.75) is 31.4 Å². The molecule has 0 saturated heterocycles. The van der Waals surface area contributed by atoms with E-state index in [1.165, 1.54) is 6.92 Å². The largest absolute Gasteiger partial charge is 0.480 e. The van der Waals surface area contributed by atoms with E-state index in [9.17, 15) is 31.2 Å². The maximum atomic E-state index is 13.5. The van der Waals surface area contributed by atoms with E-state index in [0.717, 1.165) is 13.0 Å². The molecule has 0 bridgehead atoms. The number of carboxylic acids is 1. The maximum absolute atomic E-state index is 13.5. The monoisotopic (exact) mass is 398 g/mol. The highest BCUT2D eigenvalue weighted by molar-refractivity contribution is 7.89. The number of hydrogen-bond acceptors (Lipinski definition) is 5. The molecule has 146 valence electrons. The van der Waals surface area contributed by atoms with Gasteiger partial charge >= 0.3 is 12.6 Å². The lowest BCUT2D eigenvalue weighted by Crippen LogP contribution is -2.46. The Hall–Kier alpha value is -2.34. The Morgan fingerprint density at radius 1 is 1.35 bits per heavy atom. The van der Waals surface area contributed by atoms with E-state index in [1.807, 2.05) is 0 Å². The van der Waals surface area contributed by atoms with Gasteiger partial charge < -0.3 is 15.2 Å². The average molecular weight is 398 g/mol. The molecule has 12 heteroatoms. The van der Waals surface area contributed by atoms with Crippen molar-refractivity contribution in [3.05, 3.63) is 24.0 Å². The fraction of sp³-hybridized carbons (Fsp3) is 0.429. The Balaban J connectivity index is 3.36. The molecule has 26 heavy (non-hydrogen) atoms. The van der Waals surface area contributed by atoms with Crippen molar-refractivity contribution in [1.82, 2.24) is 9.62 Å². The molecule has 0 fully saturated rings. The van der Waals surface area contributed by atoms with Crippen LogP contribution in [-0.2, 0) is 19.6 Å². The zero-order valence-corrected chi connectivity index (χ0v) is 14.6. The van der Waals surface area contributed by atoms with Gasteiger partial charge in [-0.15, -0.1) is 0 Å². The number of rotatable bonds is 9. The van der Waals surface area contributed by atoms with Crippen LogP contribution in [0.1, 0.15) is 13.8 Å². The predicted octanol–water partition coefficient (Wildman–Crippen LogP) is 1.03. The van der Waals surface area contributed by atoms with E-state index in [2.05, 4.69) is 10.1 Å². The van der Waals surface area contributed by atoms with E-state index in [0.29, 0.717) is 16.4 Å². The van der Waals surface area contributed by atoms with Gasteiger partial charge in [0.2, 0.25) is 15.9 Å².